The van der Waals surface area contributed by atoms with Crippen LogP contribution in [-0.2, 0) is 0 Å². The maximum absolute atomic E-state index is 11.3. The van der Waals surface area contributed by atoms with E-state index in [4.69, 9.17) is 0 Å². The Hall–Kier alpha value is -0.220. The minimum atomic E-state index is -0.121. The standard InChI is InChI=1S/C9H7NOS.3ClH/c11-9-8-7(3-1-5-10-9)4-2-6-12-8;;;/h1-5H,6H2;3*1H. The Morgan fingerprint density at radius 1 is 1.27 bits per heavy atom. The van der Waals surface area contributed by atoms with Gasteiger partial charge in [0.25, 0.3) is 5.56 Å². The molecule has 0 fully saturated rings. The van der Waals surface area contributed by atoms with Crippen LogP contribution < -0.4 is 5.56 Å². The second kappa shape index (κ2) is 7.99. The third-order valence-corrected chi connectivity index (χ3v) is 2.69. The van der Waals surface area contributed by atoms with Gasteiger partial charge in [0.05, 0.1) is 4.90 Å². The van der Waals surface area contributed by atoms with Crippen LogP contribution in [0.1, 0.15) is 5.56 Å². The molecule has 0 aliphatic carbocycles. The van der Waals surface area contributed by atoms with E-state index < -0.39 is 0 Å². The fraction of sp³-hybridized carbons (Fsp3) is 0.111. The van der Waals surface area contributed by atoms with E-state index in [0.717, 1.165) is 16.2 Å². The molecule has 2 rings (SSSR count). The van der Waals surface area contributed by atoms with Crippen molar-refractivity contribution in [2.24, 2.45) is 0 Å². The van der Waals surface area contributed by atoms with Gasteiger partial charge in [0.2, 0.25) is 0 Å². The van der Waals surface area contributed by atoms with E-state index in [2.05, 4.69) is 4.98 Å². The van der Waals surface area contributed by atoms with E-state index in [1.807, 2.05) is 18.2 Å². The Labute approximate surface area is 111 Å². The smallest absolute Gasteiger partial charge is 0.266 e. The number of aromatic nitrogens is 1. The first-order valence-corrected chi connectivity index (χ1v) is 4.65. The molecule has 84 valence electrons. The summed E-state index contributed by atoms with van der Waals surface area (Å²) in [5.41, 5.74) is 0.859. The van der Waals surface area contributed by atoms with Gasteiger partial charge in [0.15, 0.2) is 0 Å². The Bertz CT molecular complexity index is 397. The largest absolute Gasteiger partial charge is 0.283 e. The first-order chi connectivity index (χ1) is 5.88. The zero-order chi connectivity index (χ0) is 8.39. The molecule has 0 N–H and O–H groups in total. The fourth-order valence-corrected chi connectivity index (χ4v) is 1.94. The second-order valence-corrected chi connectivity index (χ2v) is 3.47. The average molecular weight is 287 g/mol. The molecule has 0 bridgehead atoms. The van der Waals surface area contributed by atoms with Crippen LogP contribution in [0.4, 0.5) is 0 Å². The third kappa shape index (κ3) is 4.03. The van der Waals surface area contributed by atoms with E-state index in [1.54, 1.807) is 17.8 Å². The van der Waals surface area contributed by atoms with Crippen molar-refractivity contribution in [2.75, 3.05) is 5.75 Å². The number of nitrogens with zero attached hydrogens (tertiary/aromatic N) is 1. The van der Waals surface area contributed by atoms with Crippen LogP contribution in [0.5, 0.6) is 0 Å². The van der Waals surface area contributed by atoms with Crippen molar-refractivity contribution in [3.8, 4) is 0 Å². The molecule has 15 heavy (non-hydrogen) atoms. The van der Waals surface area contributed by atoms with Gasteiger partial charge < -0.3 is 0 Å². The predicted molar refractivity (Wildman–Crippen MR) is 72.0 cm³/mol. The van der Waals surface area contributed by atoms with Crippen LogP contribution in [0.3, 0.4) is 0 Å². The van der Waals surface area contributed by atoms with E-state index in [0.29, 0.717) is 0 Å². The molecule has 0 amide bonds. The molecule has 0 unspecified atom stereocenters. The molecule has 1 aromatic heterocycles. The highest BCUT2D eigenvalue weighted by Crippen LogP contribution is 2.23. The van der Waals surface area contributed by atoms with Gasteiger partial charge in [0.1, 0.15) is 0 Å². The van der Waals surface area contributed by atoms with Crippen LogP contribution in [0.15, 0.2) is 34.1 Å². The SMILES string of the molecule is Cl.Cl.Cl.O=c1ncccc2c1SCC=C2. The van der Waals surface area contributed by atoms with Crippen molar-refractivity contribution in [2.45, 2.75) is 4.90 Å². The molecular weight excluding hydrogens is 277 g/mol. The van der Waals surface area contributed by atoms with Gasteiger partial charge in [-0.2, -0.15) is 0 Å². The maximum atomic E-state index is 11.3. The van der Waals surface area contributed by atoms with Crippen molar-refractivity contribution >= 4 is 55.1 Å². The summed E-state index contributed by atoms with van der Waals surface area (Å²) in [6, 6.07) is 3.70. The van der Waals surface area contributed by atoms with Crippen molar-refractivity contribution in [1.29, 1.82) is 0 Å². The van der Waals surface area contributed by atoms with Gasteiger partial charge in [-0.25, -0.2) is 4.98 Å². The van der Waals surface area contributed by atoms with Crippen molar-refractivity contribution in [3.63, 3.8) is 0 Å². The van der Waals surface area contributed by atoms with Crippen LogP contribution in [0.25, 0.3) is 6.08 Å². The lowest BCUT2D eigenvalue weighted by molar-refractivity contribution is 1.18. The van der Waals surface area contributed by atoms with Crippen molar-refractivity contribution in [3.05, 3.63) is 40.3 Å². The van der Waals surface area contributed by atoms with E-state index >= 15 is 0 Å². The summed E-state index contributed by atoms with van der Waals surface area (Å²) in [5, 5.41) is 0. The monoisotopic (exact) mass is 285 g/mol. The summed E-state index contributed by atoms with van der Waals surface area (Å²) in [5.74, 6) is 0.869. The van der Waals surface area contributed by atoms with Crippen LogP contribution >= 0.6 is 49.0 Å². The molecule has 0 radical (unpaired) electrons. The molecule has 1 aliphatic heterocycles. The summed E-state index contributed by atoms with van der Waals surface area (Å²) in [6.45, 7) is 0. The lowest BCUT2D eigenvalue weighted by atomic mass is 10.2. The third-order valence-electron chi connectivity index (χ3n) is 1.63. The highest BCUT2D eigenvalue weighted by atomic mass is 35.5. The van der Waals surface area contributed by atoms with E-state index in [1.165, 1.54) is 6.20 Å². The fourth-order valence-electron chi connectivity index (χ4n) is 1.10. The first kappa shape index (κ1) is 17.2. The lowest BCUT2D eigenvalue weighted by Gasteiger charge is -2.03. The molecule has 0 aromatic carbocycles. The van der Waals surface area contributed by atoms with E-state index in [-0.39, 0.29) is 42.8 Å². The van der Waals surface area contributed by atoms with Gasteiger partial charge in [0, 0.05) is 11.9 Å². The van der Waals surface area contributed by atoms with Crippen molar-refractivity contribution in [1.82, 2.24) is 4.98 Å². The first-order valence-electron chi connectivity index (χ1n) is 3.66. The zero-order valence-electron chi connectivity index (χ0n) is 7.58. The maximum Gasteiger partial charge on any atom is 0.283 e. The van der Waals surface area contributed by atoms with Gasteiger partial charge >= 0.3 is 0 Å². The van der Waals surface area contributed by atoms with Gasteiger partial charge in [-0.1, -0.05) is 18.2 Å². The van der Waals surface area contributed by atoms with Gasteiger partial charge in [-0.05, 0) is 11.6 Å². The minimum Gasteiger partial charge on any atom is -0.266 e. The summed E-state index contributed by atoms with van der Waals surface area (Å²) in [6.07, 6.45) is 5.55. The molecule has 6 heteroatoms. The molecule has 0 saturated heterocycles. The Kier molecular flexibility index (Phi) is 9.16. The molecule has 1 aliphatic rings. The average Bonchev–Trinajstić information content (AvgIpc) is 2.29. The highest BCUT2D eigenvalue weighted by Gasteiger charge is 2.06. The molecule has 0 atom stereocenters. The summed E-state index contributed by atoms with van der Waals surface area (Å²) >= 11 is 1.55. The topological polar surface area (TPSA) is 30.0 Å². The molecule has 2 heterocycles. The Morgan fingerprint density at radius 2 is 2.00 bits per heavy atom. The number of halogens is 3. The summed E-state index contributed by atoms with van der Waals surface area (Å²) < 4.78 is 0. The van der Waals surface area contributed by atoms with Crippen LogP contribution in [0, 0.1) is 0 Å². The van der Waals surface area contributed by atoms with Gasteiger partial charge in [-0.3, -0.25) is 4.79 Å². The predicted octanol–water partition coefficient (Wildman–Crippen LogP) is 2.83. The minimum absolute atomic E-state index is 0. The van der Waals surface area contributed by atoms with Crippen LogP contribution in [-0.4, -0.2) is 10.7 Å². The Morgan fingerprint density at radius 3 is 2.73 bits per heavy atom. The quantitative estimate of drug-likeness (QED) is 0.734. The Balaban J connectivity index is 0. The number of hydrogen-bond donors (Lipinski definition) is 0. The molecule has 1 aromatic rings. The second-order valence-electron chi connectivity index (χ2n) is 2.44. The molecule has 0 saturated carbocycles. The van der Waals surface area contributed by atoms with Gasteiger partial charge in [-0.15, -0.1) is 49.0 Å². The number of rotatable bonds is 0. The summed E-state index contributed by atoms with van der Waals surface area (Å²) in [4.78, 5) is 15.8. The molecular formula is C9H10Cl3NOS. The van der Waals surface area contributed by atoms with Crippen LogP contribution in [0.2, 0.25) is 0 Å². The molecule has 2 nitrogen and oxygen atoms in total. The molecule has 0 spiro atoms. The zero-order valence-corrected chi connectivity index (χ0v) is 10.8. The highest BCUT2D eigenvalue weighted by molar-refractivity contribution is 7.99. The van der Waals surface area contributed by atoms with Crippen molar-refractivity contribution < 1.29 is 0 Å². The summed E-state index contributed by atoms with van der Waals surface area (Å²) in [7, 11) is 0. The number of fused-ring (bicyclic) bond motifs is 1. The van der Waals surface area contributed by atoms with E-state index in [9.17, 15) is 4.79 Å². The lowest BCUT2D eigenvalue weighted by Crippen LogP contribution is -2.06. The number of hydrogen-bond acceptors (Lipinski definition) is 3. The number of thioether (sulfide) groups is 1. The normalized spacial score (nSPS) is 11.2.